The van der Waals surface area contributed by atoms with Crippen molar-refractivity contribution in [2.24, 2.45) is 7.05 Å². The summed E-state index contributed by atoms with van der Waals surface area (Å²) in [7, 11) is 2.03. The summed E-state index contributed by atoms with van der Waals surface area (Å²) >= 11 is 0. The highest BCUT2D eigenvalue weighted by Gasteiger charge is 2.26. The maximum absolute atomic E-state index is 5.33. The van der Waals surface area contributed by atoms with Crippen molar-refractivity contribution < 1.29 is 4.74 Å². The van der Waals surface area contributed by atoms with E-state index in [1.54, 1.807) is 0 Å². The average molecular weight is 237 g/mol. The normalized spacial score (nSPS) is 24.4. The lowest BCUT2D eigenvalue weighted by molar-refractivity contribution is 0.147. The number of hydrogen-bond donors (Lipinski definition) is 1. The predicted octanol–water partition coefficient (Wildman–Crippen LogP) is 1.68. The number of aromatic nitrogens is 2. The maximum atomic E-state index is 5.33. The Balaban J connectivity index is 1.74. The first kappa shape index (κ1) is 12.6. The Morgan fingerprint density at radius 1 is 1.53 bits per heavy atom. The topological polar surface area (TPSA) is 39.1 Å². The molecule has 1 aromatic heterocycles. The summed E-state index contributed by atoms with van der Waals surface area (Å²) in [6.45, 7) is 4.64. The molecule has 1 fully saturated rings. The van der Waals surface area contributed by atoms with E-state index in [4.69, 9.17) is 4.74 Å². The monoisotopic (exact) mass is 237 g/mol. The molecule has 0 amide bonds. The summed E-state index contributed by atoms with van der Waals surface area (Å²) in [6, 6.07) is 2.79. The van der Waals surface area contributed by atoms with Crippen molar-refractivity contribution in [1.82, 2.24) is 15.1 Å². The second-order valence-electron chi connectivity index (χ2n) is 4.74. The molecule has 1 aliphatic rings. The molecule has 1 saturated carbocycles. The van der Waals surface area contributed by atoms with Crippen LogP contribution in [0.25, 0.3) is 0 Å². The van der Waals surface area contributed by atoms with E-state index >= 15 is 0 Å². The Morgan fingerprint density at radius 2 is 2.41 bits per heavy atom. The van der Waals surface area contributed by atoms with Crippen LogP contribution in [0.15, 0.2) is 12.3 Å². The first-order valence-corrected chi connectivity index (χ1v) is 6.60. The highest BCUT2D eigenvalue weighted by molar-refractivity contribution is 5.10. The standard InChI is InChI=1S/C13H23N3O/c1-3-17-9-8-14-12-5-4-11(10-12)13-6-7-15-16(13)2/h6-7,11-12,14H,3-5,8-10H2,1-2H3. The van der Waals surface area contributed by atoms with Gasteiger partial charge in [0.05, 0.1) is 6.61 Å². The summed E-state index contributed by atoms with van der Waals surface area (Å²) in [5.74, 6) is 0.673. The number of hydrogen-bond acceptors (Lipinski definition) is 3. The molecular formula is C13H23N3O. The fourth-order valence-electron chi connectivity index (χ4n) is 2.70. The molecule has 2 unspecified atom stereocenters. The van der Waals surface area contributed by atoms with Crippen LogP contribution in [-0.4, -0.2) is 35.6 Å². The van der Waals surface area contributed by atoms with Crippen LogP contribution in [-0.2, 0) is 11.8 Å². The minimum atomic E-state index is 0.648. The van der Waals surface area contributed by atoms with Crippen LogP contribution >= 0.6 is 0 Å². The van der Waals surface area contributed by atoms with Gasteiger partial charge >= 0.3 is 0 Å². The summed E-state index contributed by atoms with van der Waals surface area (Å²) in [6.07, 6.45) is 5.66. The lowest BCUT2D eigenvalue weighted by Crippen LogP contribution is -2.29. The van der Waals surface area contributed by atoms with E-state index in [9.17, 15) is 0 Å². The Morgan fingerprint density at radius 3 is 3.12 bits per heavy atom. The largest absolute Gasteiger partial charge is 0.380 e. The van der Waals surface area contributed by atoms with Crippen molar-refractivity contribution in [2.75, 3.05) is 19.8 Å². The number of nitrogens with one attached hydrogen (secondary N) is 1. The Hall–Kier alpha value is -0.870. The van der Waals surface area contributed by atoms with Gasteiger partial charge in [-0.15, -0.1) is 0 Å². The number of rotatable bonds is 6. The molecule has 17 heavy (non-hydrogen) atoms. The van der Waals surface area contributed by atoms with Crippen molar-refractivity contribution in [2.45, 2.75) is 38.1 Å². The highest BCUT2D eigenvalue weighted by atomic mass is 16.5. The third kappa shape index (κ3) is 3.30. The molecule has 4 nitrogen and oxygen atoms in total. The van der Waals surface area contributed by atoms with Gasteiger partial charge < -0.3 is 10.1 Å². The van der Waals surface area contributed by atoms with Gasteiger partial charge in [0.25, 0.3) is 0 Å². The third-order valence-corrected chi connectivity index (χ3v) is 3.59. The highest BCUT2D eigenvalue weighted by Crippen LogP contribution is 2.33. The SMILES string of the molecule is CCOCCNC1CCC(c2ccnn2C)C1. The molecule has 1 heterocycles. The zero-order chi connectivity index (χ0) is 12.1. The summed E-state index contributed by atoms with van der Waals surface area (Å²) in [4.78, 5) is 0. The molecule has 1 aliphatic carbocycles. The number of nitrogens with zero attached hydrogens (tertiary/aromatic N) is 2. The molecule has 0 spiro atoms. The van der Waals surface area contributed by atoms with E-state index in [0.29, 0.717) is 12.0 Å². The molecule has 96 valence electrons. The zero-order valence-electron chi connectivity index (χ0n) is 10.9. The summed E-state index contributed by atoms with van der Waals surface area (Å²) in [5.41, 5.74) is 1.37. The van der Waals surface area contributed by atoms with Crippen LogP contribution in [0.2, 0.25) is 0 Å². The number of aryl methyl sites for hydroxylation is 1. The van der Waals surface area contributed by atoms with Crippen LogP contribution in [0.5, 0.6) is 0 Å². The molecule has 2 rings (SSSR count). The van der Waals surface area contributed by atoms with E-state index in [1.165, 1.54) is 25.0 Å². The minimum Gasteiger partial charge on any atom is -0.380 e. The van der Waals surface area contributed by atoms with Gasteiger partial charge in [-0.25, -0.2) is 0 Å². The molecule has 0 radical (unpaired) electrons. The molecule has 0 saturated heterocycles. The van der Waals surface area contributed by atoms with Gasteiger partial charge in [0, 0.05) is 44.0 Å². The van der Waals surface area contributed by atoms with Gasteiger partial charge in [0.2, 0.25) is 0 Å². The third-order valence-electron chi connectivity index (χ3n) is 3.59. The quantitative estimate of drug-likeness (QED) is 0.765. The van der Waals surface area contributed by atoms with E-state index in [2.05, 4.69) is 16.5 Å². The minimum absolute atomic E-state index is 0.648. The van der Waals surface area contributed by atoms with Crippen molar-refractivity contribution in [1.29, 1.82) is 0 Å². The van der Waals surface area contributed by atoms with Crippen LogP contribution in [0, 0.1) is 0 Å². The van der Waals surface area contributed by atoms with Gasteiger partial charge in [0.15, 0.2) is 0 Å². The second-order valence-corrected chi connectivity index (χ2v) is 4.74. The average Bonchev–Trinajstić information content (AvgIpc) is 2.93. The Bertz CT molecular complexity index is 337. The van der Waals surface area contributed by atoms with Gasteiger partial charge in [-0.2, -0.15) is 5.10 Å². The zero-order valence-corrected chi connectivity index (χ0v) is 10.9. The Kier molecular flexibility index (Phi) is 4.57. The van der Waals surface area contributed by atoms with Crippen molar-refractivity contribution in [3.63, 3.8) is 0 Å². The van der Waals surface area contributed by atoms with Crippen molar-refractivity contribution >= 4 is 0 Å². The van der Waals surface area contributed by atoms with Crippen LogP contribution in [0.1, 0.15) is 37.8 Å². The van der Waals surface area contributed by atoms with Crippen molar-refractivity contribution in [3.8, 4) is 0 Å². The molecular weight excluding hydrogens is 214 g/mol. The van der Waals surface area contributed by atoms with E-state index in [0.717, 1.165) is 19.8 Å². The predicted molar refractivity (Wildman–Crippen MR) is 68.1 cm³/mol. The first-order valence-electron chi connectivity index (χ1n) is 6.60. The van der Waals surface area contributed by atoms with Gasteiger partial charge in [-0.1, -0.05) is 0 Å². The van der Waals surface area contributed by atoms with Gasteiger partial charge in [-0.3, -0.25) is 4.68 Å². The smallest absolute Gasteiger partial charge is 0.0590 e. The van der Waals surface area contributed by atoms with E-state index < -0.39 is 0 Å². The van der Waals surface area contributed by atoms with Gasteiger partial charge in [0.1, 0.15) is 0 Å². The maximum Gasteiger partial charge on any atom is 0.0590 e. The van der Waals surface area contributed by atoms with Crippen molar-refractivity contribution in [3.05, 3.63) is 18.0 Å². The van der Waals surface area contributed by atoms with Crippen LogP contribution < -0.4 is 5.32 Å². The lowest BCUT2D eigenvalue weighted by Gasteiger charge is -2.13. The fourth-order valence-corrected chi connectivity index (χ4v) is 2.70. The molecule has 0 aromatic carbocycles. The number of ether oxygens (including phenoxy) is 1. The first-order chi connectivity index (χ1) is 8.31. The summed E-state index contributed by atoms with van der Waals surface area (Å²) < 4.78 is 7.34. The van der Waals surface area contributed by atoms with E-state index in [-0.39, 0.29) is 0 Å². The molecule has 2 atom stereocenters. The second kappa shape index (κ2) is 6.17. The Labute approximate surface area is 103 Å². The molecule has 1 aromatic rings. The lowest BCUT2D eigenvalue weighted by atomic mass is 10.0. The molecule has 0 bridgehead atoms. The molecule has 0 aliphatic heterocycles. The molecule has 1 N–H and O–H groups in total. The van der Waals surface area contributed by atoms with Crippen LogP contribution in [0.3, 0.4) is 0 Å². The van der Waals surface area contributed by atoms with Crippen LogP contribution in [0.4, 0.5) is 0 Å². The van der Waals surface area contributed by atoms with E-state index in [1.807, 2.05) is 24.9 Å². The fraction of sp³-hybridized carbons (Fsp3) is 0.769. The van der Waals surface area contributed by atoms with Gasteiger partial charge in [-0.05, 0) is 32.3 Å². The molecule has 4 heteroatoms. The summed E-state index contributed by atoms with van der Waals surface area (Å²) in [5, 5.41) is 7.82.